The summed E-state index contributed by atoms with van der Waals surface area (Å²) in [7, 11) is 1.72. The Bertz CT molecular complexity index is 350. The van der Waals surface area contributed by atoms with Gasteiger partial charge in [0, 0.05) is 37.3 Å². The van der Waals surface area contributed by atoms with Gasteiger partial charge in [0.1, 0.15) is 5.82 Å². The summed E-state index contributed by atoms with van der Waals surface area (Å²) >= 11 is 2.06. The maximum atomic E-state index is 5.00. The standard InChI is InChI=1S/C14H25N3OS/c1-18-8-7-15-9-12-10-16-14(17-12)11-19-13-5-3-2-4-6-13/h10,13,15H,2-9,11H2,1H3,(H,16,17). The fourth-order valence-electron chi connectivity index (χ4n) is 2.39. The van der Waals surface area contributed by atoms with Gasteiger partial charge in [-0.3, -0.25) is 0 Å². The van der Waals surface area contributed by atoms with Crippen LogP contribution in [0.25, 0.3) is 0 Å². The number of thioether (sulfide) groups is 1. The Morgan fingerprint density at radius 2 is 2.26 bits per heavy atom. The van der Waals surface area contributed by atoms with Gasteiger partial charge in [0.15, 0.2) is 0 Å². The van der Waals surface area contributed by atoms with Crippen molar-refractivity contribution in [2.24, 2.45) is 0 Å². The third kappa shape index (κ3) is 5.55. The average molecular weight is 283 g/mol. The molecule has 2 N–H and O–H groups in total. The Balaban J connectivity index is 1.65. The third-order valence-electron chi connectivity index (χ3n) is 3.49. The average Bonchev–Trinajstić information content (AvgIpc) is 2.91. The number of hydrogen-bond donors (Lipinski definition) is 2. The maximum absolute atomic E-state index is 5.00. The van der Waals surface area contributed by atoms with Crippen LogP contribution in [0.4, 0.5) is 0 Å². The smallest absolute Gasteiger partial charge is 0.116 e. The summed E-state index contributed by atoms with van der Waals surface area (Å²) in [6.07, 6.45) is 8.95. The SMILES string of the molecule is COCCNCc1cnc(CSC2CCCCC2)[nH]1. The largest absolute Gasteiger partial charge is 0.383 e. The first-order chi connectivity index (χ1) is 9.38. The van der Waals surface area contributed by atoms with Crippen LogP contribution in [0.15, 0.2) is 6.20 Å². The first kappa shape index (κ1) is 14.9. The first-order valence-corrected chi connectivity index (χ1v) is 8.27. The molecule has 0 unspecified atom stereocenters. The van der Waals surface area contributed by atoms with Gasteiger partial charge in [-0.15, -0.1) is 0 Å². The molecule has 1 aliphatic rings. The minimum Gasteiger partial charge on any atom is -0.383 e. The number of aromatic nitrogens is 2. The molecule has 0 aliphatic heterocycles. The molecule has 0 spiro atoms. The van der Waals surface area contributed by atoms with Crippen molar-refractivity contribution in [3.8, 4) is 0 Å². The molecule has 0 saturated heterocycles. The quantitative estimate of drug-likeness (QED) is 0.720. The van der Waals surface area contributed by atoms with Gasteiger partial charge in [-0.2, -0.15) is 11.8 Å². The second-order valence-electron chi connectivity index (χ2n) is 5.10. The second kappa shape index (κ2) is 8.61. The Kier molecular flexibility index (Phi) is 6.74. The molecule has 0 bridgehead atoms. The summed E-state index contributed by atoms with van der Waals surface area (Å²) in [6.45, 7) is 2.46. The molecule has 1 saturated carbocycles. The van der Waals surface area contributed by atoms with Gasteiger partial charge in [-0.25, -0.2) is 4.98 Å². The summed E-state index contributed by atoms with van der Waals surface area (Å²) < 4.78 is 5.00. The highest BCUT2D eigenvalue weighted by atomic mass is 32.2. The van der Waals surface area contributed by atoms with Crippen molar-refractivity contribution in [3.63, 3.8) is 0 Å². The van der Waals surface area contributed by atoms with Gasteiger partial charge in [-0.05, 0) is 12.8 Å². The molecule has 2 rings (SSSR count). The van der Waals surface area contributed by atoms with Crippen molar-refractivity contribution in [2.75, 3.05) is 20.3 Å². The molecule has 0 radical (unpaired) electrons. The molecule has 1 aromatic heterocycles. The summed E-state index contributed by atoms with van der Waals surface area (Å²) in [5, 5.41) is 4.17. The van der Waals surface area contributed by atoms with Crippen LogP contribution in [0, 0.1) is 0 Å². The maximum Gasteiger partial charge on any atom is 0.116 e. The molecular formula is C14H25N3OS. The topological polar surface area (TPSA) is 49.9 Å². The summed E-state index contributed by atoms with van der Waals surface area (Å²) in [6, 6.07) is 0. The normalized spacial score (nSPS) is 16.9. The molecule has 108 valence electrons. The van der Waals surface area contributed by atoms with Crippen LogP contribution in [-0.4, -0.2) is 35.5 Å². The van der Waals surface area contributed by atoms with E-state index in [4.69, 9.17) is 4.74 Å². The van der Waals surface area contributed by atoms with Crippen molar-refractivity contribution in [2.45, 2.75) is 49.7 Å². The van der Waals surface area contributed by atoms with Crippen molar-refractivity contribution < 1.29 is 4.74 Å². The third-order valence-corrected chi connectivity index (χ3v) is 4.87. The highest BCUT2D eigenvalue weighted by Crippen LogP contribution is 2.29. The zero-order valence-electron chi connectivity index (χ0n) is 11.8. The van der Waals surface area contributed by atoms with E-state index in [9.17, 15) is 0 Å². The first-order valence-electron chi connectivity index (χ1n) is 7.22. The van der Waals surface area contributed by atoms with Crippen LogP contribution in [-0.2, 0) is 17.0 Å². The van der Waals surface area contributed by atoms with Gasteiger partial charge in [0.25, 0.3) is 0 Å². The van der Waals surface area contributed by atoms with E-state index in [1.807, 2.05) is 6.20 Å². The van der Waals surface area contributed by atoms with Crippen molar-refractivity contribution >= 4 is 11.8 Å². The summed E-state index contributed by atoms with van der Waals surface area (Å²) in [5.41, 5.74) is 1.16. The van der Waals surface area contributed by atoms with Gasteiger partial charge in [0.2, 0.25) is 0 Å². The molecule has 0 atom stereocenters. The highest BCUT2D eigenvalue weighted by molar-refractivity contribution is 7.99. The van der Waals surface area contributed by atoms with Crippen LogP contribution in [0.2, 0.25) is 0 Å². The lowest BCUT2D eigenvalue weighted by Crippen LogP contribution is -2.18. The number of nitrogens with one attached hydrogen (secondary N) is 2. The lowest BCUT2D eigenvalue weighted by Gasteiger charge is -2.20. The molecule has 1 fully saturated rings. The van der Waals surface area contributed by atoms with Crippen molar-refractivity contribution in [1.82, 2.24) is 15.3 Å². The lowest BCUT2D eigenvalue weighted by molar-refractivity contribution is 0.199. The number of methoxy groups -OCH3 is 1. The van der Waals surface area contributed by atoms with Crippen LogP contribution in [0.3, 0.4) is 0 Å². The number of H-pyrrole nitrogens is 1. The van der Waals surface area contributed by atoms with Gasteiger partial charge < -0.3 is 15.0 Å². The highest BCUT2D eigenvalue weighted by Gasteiger charge is 2.14. The molecule has 1 heterocycles. The van der Waals surface area contributed by atoms with E-state index in [1.165, 1.54) is 32.1 Å². The number of nitrogens with zero attached hydrogens (tertiary/aromatic N) is 1. The summed E-state index contributed by atoms with van der Waals surface area (Å²) in [4.78, 5) is 7.85. The Labute approximate surface area is 120 Å². The number of ether oxygens (including phenoxy) is 1. The zero-order valence-corrected chi connectivity index (χ0v) is 12.6. The van der Waals surface area contributed by atoms with Gasteiger partial charge >= 0.3 is 0 Å². The number of imidazole rings is 1. The molecule has 5 heteroatoms. The van der Waals surface area contributed by atoms with Crippen molar-refractivity contribution in [3.05, 3.63) is 17.7 Å². The van der Waals surface area contributed by atoms with E-state index in [1.54, 1.807) is 7.11 Å². The van der Waals surface area contributed by atoms with Crippen LogP contribution in [0.1, 0.15) is 43.6 Å². The predicted molar refractivity (Wildman–Crippen MR) is 80.3 cm³/mol. The Morgan fingerprint density at radius 3 is 3.05 bits per heavy atom. The van der Waals surface area contributed by atoms with E-state index < -0.39 is 0 Å². The monoisotopic (exact) mass is 283 g/mol. The van der Waals surface area contributed by atoms with Gasteiger partial charge in [0.05, 0.1) is 12.4 Å². The zero-order chi connectivity index (χ0) is 13.3. The molecule has 4 nitrogen and oxygen atoms in total. The fraction of sp³-hybridized carbons (Fsp3) is 0.786. The minimum absolute atomic E-state index is 0.749. The second-order valence-corrected chi connectivity index (χ2v) is 6.38. The predicted octanol–water partition coefficient (Wildman–Crippen LogP) is 2.71. The fourth-order valence-corrected chi connectivity index (χ4v) is 3.60. The van der Waals surface area contributed by atoms with E-state index in [-0.39, 0.29) is 0 Å². The molecule has 0 amide bonds. The van der Waals surface area contributed by atoms with Crippen molar-refractivity contribution in [1.29, 1.82) is 0 Å². The number of rotatable bonds is 8. The molecule has 0 aromatic carbocycles. The molecular weight excluding hydrogens is 258 g/mol. The molecule has 1 aromatic rings. The van der Waals surface area contributed by atoms with E-state index in [2.05, 4.69) is 27.0 Å². The Hall–Kier alpha value is -0.520. The minimum atomic E-state index is 0.749. The van der Waals surface area contributed by atoms with Gasteiger partial charge in [-0.1, -0.05) is 19.3 Å². The lowest BCUT2D eigenvalue weighted by atomic mass is 10.0. The van der Waals surface area contributed by atoms with E-state index in [0.29, 0.717) is 0 Å². The number of hydrogen-bond acceptors (Lipinski definition) is 4. The summed E-state index contributed by atoms with van der Waals surface area (Å²) in [5.74, 6) is 2.13. The van der Waals surface area contributed by atoms with Crippen LogP contribution >= 0.6 is 11.8 Å². The van der Waals surface area contributed by atoms with E-state index in [0.717, 1.165) is 42.2 Å². The Morgan fingerprint density at radius 1 is 1.42 bits per heavy atom. The number of aromatic amines is 1. The van der Waals surface area contributed by atoms with Crippen LogP contribution < -0.4 is 5.32 Å². The van der Waals surface area contributed by atoms with E-state index >= 15 is 0 Å². The van der Waals surface area contributed by atoms with Crippen LogP contribution in [0.5, 0.6) is 0 Å². The molecule has 1 aliphatic carbocycles. The molecule has 19 heavy (non-hydrogen) atoms.